The third kappa shape index (κ3) is 4.30. The third-order valence-electron chi connectivity index (χ3n) is 1.64. The van der Waals surface area contributed by atoms with Crippen molar-refractivity contribution in [3.05, 3.63) is 34.9 Å². The van der Waals surface area contributed by atoms with Gasteiger partial charge in [0, 0.05) is 5.02 Å². The summed E-state index contributed by atoms with van der Waals surface area (Å²) < 4.78 is 0. The van der Waals surface area contributed by atoms with E-state index in [1.165, 1.54) is 0 Å². The largest absolute Gasteiger partial charge is 0.388 e. The molecule has 0 spiro atoms. The highest BCUT2D eigenvalue weighted by Crippen LogP contribution is 2.18. The number of aliphatic hydroxyl groups is 1. The average molecular weight is 201 g/mol. The van der Waals surface area contributed by atoms with Gasteiger partial charge in [0.1, 0.15) is 0 Å². The summed E-state index contributed by atoms with van der Waals surface area (Å²) >= 11 is 5.68. The molecule has 0 amide bonds. The molecule has 0 fully saturated rings. The molecule has 1 nitrogen and oxygen atoms in total. The molecular formula is C11H17ClO. The fourth-order valence-electron chi connectivity index (χ4n) is 0.921. The van der Waals surface area contributed by atoms with Crippen LogP contribution in [0.3, 0.4) is 0 Å². The number of aliphatic hydroxyl groups excluding tert-OH is 1. The Morgan fingerprint density at radius 1 is 1.23 bits per heavy atom. The van der Waals surface area contributed by atoms with Gasteiger partial charge in [0.15, 0.2) is 0 Å². The minimum absolute atomic E-state index is 0.354. The van der Waals surface area contributed by atoms with E-state index in [9.17, 15) is 5.11 Å². The molecule has 13 heavy (non-hydrogen) atoms. The SMILES string of the molecule is CC.CCC(O)c1ccc(Cl)cc1. The molecule has 1 aromatic rings. The lowest BCUT2D eigenvalue weighted by Gasteiger charge is -2.06. The first-order valence-corrected chi connectivity index (χ1v) is 5.05. The maximum atomic E-state index is 9.38. The molecule has 0 bridgehead atoms. The van der Waals surface area contributed by atoms with Crippen molar-refractivity contribution in [1.82, 2.24) is 0 Å². The van der Waals surface area contributed by atoms with Crippen molar-refractivity contribution in [2.75, 3.05) is 0 Å². The van der Waals surface area contributed by atoms with Crippen molar-refractivity contribution < 1.29 is 5.11 Å². The predicted molar refractivity (Wildman–Crippen MR) is 58.1 cm³/mol. The lowest BCUT2D eigenvalue weighted by atomic mass is 10.1. The molecule has 0 aliphatic heterocycles. The minimum atomic E-state index is -0.354. The lowest BCUT2D eigenvalue weighted by molar-refractivity contribution is 0.173. The second-order valence-corrected chi connectivity index (χ2v) is 2.91. The van der Waals surface area contributed by atoms with Crippen LogP contribution in [-0.2, 0) is 0 Å². The van der Waals surface area contributed by atoms with Gasteiger partial charge in [-0.25, -0.2) is 0 Å². The Hall–Kier alpha value is -0.530. The zero-order valence-corrected chi connectivity index (χ0v) is 9.17. The second kappa shape index (κ2) is 6.93. The van der Waals surface area contributed by atoms with Gasteiger partial charge < -0.3 is 5.11 Å². The van der Waals surface area contributed by atoms with Gasteiger partial charge in [-0.3, -0.25) is 0 Å². The van der Waals surface area contributed by atoms with Crippen molar-refractivity contribution in [1.29, 1.82) is 0 Å². The summed E-state index contributed by atoms with van der Waals surface area (Å²) in [6, 6.07) is 7.26. The molecule has 0 aliphatic rings. The van der Waals surface area contributed by atoms with Crippen LogP contribution < -0.4 is 0 Å². The zero-order chi connectivity index (χ0) is 10.3. The van der Waals surface area contributed by atoms with E-state index in [4.69, 9.17) is 11.6 Å². The van der Waals surface area contributed by atoms with Crippen molar-refractivity contribution in [3.63, 3.8) is 0 Å². The predicted octanol–water partition coefficient (Wildman–Crippen LogP) is 3.81. The van der Waals surface area contributed by atoms with E-state index in [0.29, 0.717) is 5.02 Å². The minimum Gasteiger partial charge on any atom is -0.388 e. The summed E-state index contributed by atoms with van der Waals surface area (Å²) in [5, 5.41) is 10.1. The molecule has 2 heteroatoms. The van der Waals surface area contributed by atoms with E-state index in [2.05, 4.69) is 0 Å². The van der Waals surface area contributed by atoms with Crippen molar-refractivity contribution in [2.24, 2.45) is 0 Å². The standard InChI is InChI=1S/C9H11ClO.C2H6/c1-2-9(11)7-3-5-8(10)6-4-7;1-2/h3-6,9,11H,2H2,1H3;1-2H3. The summed E-state index contributed by atoms with van der Waals surface area (Å²) in [4.78, 5) is 0. The topological polar surface area (TPSA) is 20.2 Å². The van der Waals surface area contributed by atoms with Crippen molar-refractivity contribution in [3.8, 4) is 0 Å². The average Bonchev–Trinajstić information content (AvgIpc) is 2.21. The Morgan fingerprint density at radius 3 is 2.08 bits per heavy atom. The van der Waals surface area contributed by atoms with Gasteiger partial charge in [-0.05, 0) is 24.1 Å². The zero-order valence-electron chi connectivity index (χ0n) is 8.42. The van der Waals surface area contributed by atoms with Crippen LogP contribution >= 0.6 is 11.6 Å². The summed E-state index contributed by atoms with van der Waals surface area (Å²) in [5.41, 5.74) is 0.928. The summed E-state index contributed by atoms with van der Waals surface area (Å²) in [6.07, 6.45) is 0.383. The number of halogens is 1. The molecule has 74 valence electrons. The fourth-order valence-corrected chi connectivity index (χ4v) is 1.05. The van der Waals surface area contributed by atoms with Gasteiger partial charge in [-0.2, -0.15) is 0 Å². The quantitative estimate of drug-likeness (QED) is 0.770. The Balaban J connectivity index is 0.000000671. The first-order chi connectivity index (χ1) is 6.24. The van der Waals surface area contributed by atoms with Crippen LogP contribution in [0.5, 0.6) is 0 Å². The summed E-state index contributed by atoms with van der Waals surface area (Å²) in [6.45, 7) is 5.94. The maximum absolute atomic E-state index is 9.38. The molecule has 0 radical (unpaired) electrons. The van der Waals surface area contributed by atoms with Gasteiger partial charge in [0.05, 0.1) is 6.10 Å². The Bertz CT molecular complexity index is 218. The van der Waals surface area contributed by atoms with E-state index in [0.717, 1.165) is 12.0 Å². The first kappa shape index (κ1) is 12.5. The van der Waals surface area contributed by atoms with Crippen LogP contribution in [-0.4, -0.2) is 5.11 Å². The normalized spacial score (nSPS) is 11.5. The first-order valence-electron chi connectivity index (χ1n) is 4.67. The van der Waals surface area contributed by atoms with Crippen LogP contribution in [0.4, 0.5) is 0 Å². The van der Waals surface area contributed by atoms with Crippen LogP contribution in [0.15, 0.2) is 24.3 Å². The van der Waals surface area contributed by atoms with Crippen molar-refractivity contribution in [2.45, 2.75) is 33.3 Å². The van der Waals surface area contributed by atoms with Crippen LogP contribution in [0, 0.1) is 0 Å². The van der Waals surface area contributed by atoms with Gasteiger partial charge >= 0.3 is 0 Å². The van der Waals surface area contributed by atoms with Gasteiger partial charge in [0.2, 0.25) is 0 Å². The Labute approximate surface area is 85.4 Å². The third-order valence-corrected chi connectivity index (χ3v) is 1.89. The number of benzene rings is 1. The number of hydrogen-bond acceptors (Lipinski definition) is 1. The molecule has 0 saturated heterocycles. The highest BCUT2D eigenvalue weighted by atomic mass is 35.5. The van der Waals surface area contributed by atoms with E-state index in [1.54, 1.807) is 12.1 Å². The molecule has 0 heterocycles. The van der Waals surface area contributed by atoms with E-state index in [-0.39, 0.29) is 6.10 Å². The van der Waals surface area contributed by atoms with Crippen molar-refractivity contribution >= 4 is 11.6 Å². The monoisotopic (exact) mass is 200 g/mol. The number of hydrogen-bond donors (Lipinski definition) is 1. The van der Waals surface area contributed by atoms with Crippen LogP contribution in [0.25, 0.3) is 0 Å². The summed E-state index contributed by atoms with van der Waals surface area (Å²) in [5.74, 6) is 0. The maximum Gasteiger partial charge on any atom is 0.0787 e. The number of rotatable bonds is 2. The molecule has 0 aliphatic carbocycles. The van der Waals surface area contributed by atoms with Crippen LogP contribution in [0.1, 0.15) is 38.9 Å². The molecular weight excluding hydrogens is 184 g/mol. The molecule has 0 aromatic heterocycles. The Morgan fingerprint density at radius 2 is 1.69 bits per heavy atom. The molecule has 0 saturated carbocycles. The van der Waals surface area contributed by atoms with Crippen LogP contribution in [0.2, 0.25) is 5.02 Å². The van der Waals surface area contributed by atoms with E-state index >= 15 is 0 Å². The molecule has 1 atom stereocenters. The Kier molecular flexibility index (Phi) is 6.65. The highest BCUT2D eigenvalue weighted by Gasteiger charge is 2.02. The molecule has 1 aromatic carbocycles. The van der Waals surface area contributed by atoms with E-state index in [1.807, 2.05) is 32.9 Å². The smallest absolute Gasteiger partial charge is 0.0787 e. The van der Waals surface area contributed by atoms with Gasteiger partial charge in [0.25, 0.3) is 0 Å². The second-order valence-electron chi connectivity index (χ2n) is 2.48. The molecule has 1 unspecified atom stereocenters. The fraction of sp³-hybridized carbons (Fsp3) is 0.455. The highest BCUT2D eigenvalue weighted by molar-refractivity contribution is 6.30. The molecule has 1 N–H and O–H groups in total. The van der Waals surface area contributed by atoms with E-state index < -0.39 is 0 Å². The summed E-state index contributed by atoms with van der Waals surface area (Å²) in [7, 11) is 0. The molecule has 1 rings (SSSR count). The van der Waals surface area contributed by atoms with Gasteiger partial charge in [-0.1, -0.05) is 44.5 Å². The lowest BCUT2D eigenvalue weighted by Crippen LogP contribution is -1.93. The van der Waals surface area contributed by atoms with Gasteiger partial charge in [-0.15, -0.1) is 0 Å².